The molecule has 0 aliphatic carbocycles. The van der Waals surface area contributed by atoms with E-state index in [0.29, 0.717) is 0 Å². The molecule has 16 heavy (non-hydrogen) atoms. The minimum atomic E-state index is -0.945. The summed E-state index contributed by atoms with van der Waals surface area (Å²) in [6.07, 6.45) is 2.77. The van der Waals surface area contributed by atoms with Crippen molar-refractivity contribution in [3.05, 3.63) is 12.2 Å². The maximum Gasteiger partial charge on any atom is 0.310 e. The lowest BCUT2D eigenvalue weighted by Gasteiger charge is -2.27. The molecule has 2 rings (SSSR count). The number of carbonyl (C=O) groups is 2. The first kappa shape index (κ1) is 11.3. The molecule has 0 saturated carbocycles. The van der Waals surface area contributed by atoms with Crippen molar-refractivity contribution in [2.45, 2.75) is 33.0 Å². The van der Waals surface area contributed by atoms with Crippen LogP contribution in [0.2, 0.25) is 0 Å². The highest BCUT2D eigenvalue weighted by atomic mass is 16.5. The summed E-state index contributed by atoms with van der Waals surface area (Å²) in [5, 5.41) is 9.15. The monoisotopic (exact) mass is 224 g/mol. The number of rotatable bonds is 2. The molecule has 0 radical (unpaired) electrons. The van der Waals surface area contributed by atoms with Crippen LogP contribution in [-0.2, 0) is 14.3 Å². The Morgan fingerprint density at radius 3 is 2.06 bits per heavy atom. The first-order valence-corrected chi connectivity index (χ1v) is 5.43. The Morgan fingerprint density at radius 1 is 1.12 bits per heavy atom. The van der Waals surface area contributed by atoms with Crippen LogP contribution in [0, 0.1) is 17.3 Å². The Labute approximate surface area is 94.3 Å². The molecule has 1 saturated heterocycles. The number of hydrogen-bond donors (Lipinski definition) is 1. The van der Waals surface area contributed by atoms with Crippen LogP contribution in [0.4, 0.5) is 0 Å². The molecule has 0 aromatic heterocycles. The Hall–Kier alpha value is -1.16. The lowest BCUT2D eigenvalue weighted by Crippen LogP contribution is -2.41. The molecule has 1 fully saturated rings. The zero-order chi connectivity index (χ0) is 12.1. The Kier molecular flexibility index (Phi) is 2.42. The van der Waals surface area contributed by atoms with E-state index in [2.05, 4.69) is 0 Å². The molecule has 4 unspecified atom stereocenters. The van der Waals surface area contributed by atoms with E-state index >= 15 is 0 Å². The maximum absolute atomic E-state index is 12.2. The smallest absolute Gasteiger partial charge is 0.310 e. The molecule has 0 spiro atoms. The van der Waals surface area contributed by atoms with Crippen LogP contribution in [0.3, 0.4) is 0 Å². The summed E-state index contributed by atoms with van der Waals surface area (Å²) < 4.78 is 5.46. The highest BCUT2D eigenvalue weighted by molar-refractivity contribution is 5.92. The zero-order valence-electron chi connectivity index (χ0n) is 9.64. The van der Waals surface area contributed by atoms with Crippen molar-refractivity contribution in [3.63, 3.8) is 0 Å². The molecule has 88 valence electrons. The molecule has 2 aliphatic rings. The fourth-order valence-electron chi connectivity index (χ4n) is 2.41. The quantitative estimate of drug-likeness (QED) is 0.717. The van der Waals surface area contributed by atoms with Crippen LogP contribution < -0.4 is 0 Å². The van der Waals surface area contributed by atoms with Gasteiger partial charge in [0.25, 0.3) is 0 Å². The Balaban J connectivity index is 2.30. The fraction of sp³-hybridized carbons (Fsp3) is 0.667. The first-order chi connectivity index (χ1) is 7.32. The van der Waals surface area contributed by atoms with Crippen molar-refractivity contribution in [1.82, 2.24) is 0 Å². The molecule has 4 heteroatoms. The third kappa shape index (κ3) is 1.57. The number of Topliss-reactive ketones (excluding diaryl/α,β-unsaturated/α-hetero) is 1. The second-order valence-corrected chi connectivity index (χ2v) is 5.45. The van der Waals surface area contributed by atoms with E-state index in [1.165, 1.54) is 0 Å². The van der Waals surface area contributed by atoms with E-state index in [1.54, 1.807) is 12.2 Å². The summed E-state index contributed by atoms with van der Waals surface area (Å²) in [7, 11) is 0. The predicted molar refractivity (Wildman–Crippen MR) is 56.9 cm³/mol. The van der Waals surface area contributed by atoms with E-state index < -0.39 is 29.3 Å². The molecule has 1 N–H and O–H groups in total. The number of ketones is 1. The number of carbonyl (C=O) groups excluding carboxylic acids is 1. The van der Waals surface area contributed by atoms with E-state index in [-0.39, 0.29) is 11.9 Å². The Morgan fingerprint density at radius 2 is 1.62 bits per heavy atom. The van der Waals surface area contributed by atoms with Crippen molar-refractivity contribution in [3.8, 4) is 0 Å². The minimum absolute atomic E-state index is 0.0308. The summed E-state index contributed by atoms with van der Waals surface area (Å²) in [4.78, 5) is 23.4. The average molecular weight is 224 g/mol. The molecule has 2 bridgehead atoms. The second kappa shape index (κ2) is 3.42. The van der Waals surface area contributed by atoms with Crippen molar-refractivity contribution in [2.75, 3.05) is 0 Å². The molecule has 2 heterocycles. The van der Waals surface area contributed by atoms with Crippen LogP contribution >= 0.6 is 0 Å². The van der Waals surface area contributed by atoms with Gasteiger partial charge < -0.3 is 9.84 Å². The van der Waals surface area contributed by atoms with Gasteiger partial charge in [0.05, 0.1) is 24.0 Å². The van der Waals surface area contributed by atoms with Gasteiger partial charge in [0, 0.05) is 5.41 Å². The summed E-state index contributed by atoms with van der Waals surface area (Å²) in [5.41, 5.74) is -0.528. The van der Waals surface area contributed by atoms with Gasteiger partial charge in [-0.15, -0.1) is 0 Å². The van der Waals surface area contributed by atoms with Crippen LogP contribution in [0.5, 0.6) is 0 Å². The summed E-state index contributed by atoms with van der Waals surface area (Å²) in [6.45, 7) is 5.43. The Bertz CT molecular complexity index is 364. The number of ether oxygens (including phenoxy) is 1. The van der Waals surface area contributed by atoms with E-state index in [0.717, 1.165) is 0 Å². The highest BCUT2D eigenvalue weighted by Gasteiger charge is 2.54. The van der Waals surface area contributed by atoms with Gasteiger partial charge >= 0.3 is 5.97 Å². The molecule has 0 amide bonds. The van der Waals surface area contributed by atoms with Gasteiger partial charge in [0.1, 0.15) is 5.78 Å². The molecule has 0 aromatic carbocycles. The van der Waals surface area contributed by atoms with E-state index in [1.807, 2.05) is 20.8 Å². The first-order valence-electron chi connectivity index (χ1n) is 5.43. The maximum atomic E-state index is 12.2. The van der Waals surface area contributed by atoms with Crippen LogP contribution in [0.1, 0.15) is 20.8 Å². The van der Waals surface area contributed by atoms with Gasteiger partial charge in [0.15, 0.2) is 0 Å². The van der Waals surface area contributed by atoms with Gasteiger partial charge in [-0.25, -0.2) is 0 Å². The van der Waals surface area contributed by atoms with Gasteiger partial charge in [-0.3, -0.25) is 9.59 Å². The largest absolute Gasteiger partial charge is 0.481 e. The van der Waals surface area contributed by atoms with Crippen molar-refractivity contribution >= 4 is 11.8 Å². The number of fused-ring (bicyclic) bond motifs is 2. The standard InChI is InChI=1S/C12H16O4/c1-12(2,3)10(13)8-6-4-5-7(16-6)9(8)11(14)15/h4-9H,1-3H3,(H,14,15). The lowest BCUT2D eigenvalue weighted by molar-refractivity contribution is -0.147. The zero-order valence-corrected chi connectivity index (χ0v) is 9.64. The summed E-state index contributed by atoms with van der Waals surface area (Å²) in [6, 6.07) is 0. The average Bonchev–Trinajstić information content (AvgIpc) is 2.72. The third-order valence-corrected chi connectivity index (χ3v) is 3.23. The second-order valence-electron chi connectivity index (χ2n) is 5.45. The van der Waals surface area contributed by atoms with Crippen LogP contribution in [0.15, 0.2) is 12.2 Å². The third-order valence-electron chi connectivity index (χ3n) is 3.23. The van der Waals surface area contributed by atoms with E-state index in [9.17, 15) is 9.59 Å². The van der Waals surface area contributed by atoms with E-state index in [4.69, 9.17) is 9.84 Å². The number of aliphatic carboxylic acids is 1. The van der Waals surface area contributed by atoms with Crippen LogP contribution in [-0.4, -0.2) is 29.1 Å². The van der Waals surface area contributed by atoms with Gasteiger partial charge in [0.2, 0.25) is 0 Å². The number of carboxylic acid groups (broad SMARTS) is 1. The molecule has 4 atom stereocenters. The highest BCUT2D eigenvalue weighted by Crippen LogP contribution is 2.42. The predicted octanol–water partition coefficient (Wildman–Crippen LogP) is 1.26. The molecule has 0 aromatic rings. The van der Waals surface area contributed by atoms with Gasteiger partial charge in [-0.1, -0.05) is 32.9 Å². The molecular weight excluding hydrogens is 208 g/mol. The summed E-state index contributed by atoms with van der Waals surface area (Å²) >= 11 is 0. The number of hydrogen-bond acceptors (Lipinski definition) is 3. The molecular formula is C12H16O4. The number of carboxylic acids is 1. The summed E-state index contributed by atoms with van der Waals surface area (Å²) in [5.74, 6) is -2.23. The van der Waals surface area contributed by atoms with Gasteiger partial charge in [-0.05, 0) is 0 Å². The normalized spacial score (nSPS) is 36.7. The SMILES string of the molecule is CC(C)(C)C(=O)C1C2C=CC(O2)C1C(=O)O. The van der Waals surface area contributed by atoms with Crippen LogP contribution in [0.25, 0.3) is 0 Å². The fourth-order valence-corrected chi connectivity index (χ4v) is 2.41. The van der Waals surface area contributed by atoms with Gasteiger partial charge in [-0.2, -0.15) is 0 Å². The molecule has 4 nitrogen and oxygen atoms in total. The van der Waals surface area contributed by atoms with Crippen molar-refractivity contribution in [2.24, 2.45) is 17.3 Å². The molecule has 2 aliphatic heterocycles. The topological polar surface area (TPSA) is 63.6 Å². The lowest BCUT2D eigenvalue weighted by atomic mass is 9.73. The minimum Gasteiger partial charge on any atom is -0.481 e. The van der Waals surface area contributed by atoms with Crippen molar-refractivity contribution < 1.29 is 19.4 Å². The van der Waals surface area contributed by atoms with Crippen molar-refractivity contribution in [1.29, 1.82) is 0 Å².